The van der Waals surface area contributed by atoms with Crippen molar-refractivity contribution in [2.24, 2.45) is 0 Å². The lowest BCUT2D eigenvalue weighted by molar-refractivity contribution is 0.318. The summed E-state index contributed by atoms with van der Waals surface area (Å²) in [4.78, 5) is 4.46. The molecule has 2 rings (SSSR count). The molecule has 0 spiro atoms. The van der Waals surface area contributed by atoms with Gasteiger partial charge in [0.05, 0.1) is 12.2 Å². The van der Waals surface area contributed by atoms with Crippen LogP contribution in [-0.2, 0) is 0 Å². The molecule has 0 amide bonds. The second-order valence-electron chi connectivity index (χ2n) is 4.88. The highest BCUT2D eigenvalue weighted by atomic mass is 35.5. The van der Waals surface area contributed by atoms with Crippen LogP contribution in [0.3, 0.4) is 0 Å². The van der Waals surface area contributed by atoms with Gasteiger partial charge in [0, 0.05) is 16.5 Å². The van der Waals surface area contributed by atoms with E-state index in [4.69, 9.17) is 16.3 Å². The minimum absolute atomic E-state index is 0.626. The summed E-state index contributed by atoms with van der Waals surface area (Å²) in [6.07, 6.45) is 0.882. The van der Waals surface area contributed by atoms with Crippen molar-refractivity contribution in [2.75, 3.05) is 12.4 Å². The Hall–Kier alpha value is -1.70. The van der Waals surface area contributed by atoms with E-state index in [1.807, 2.05) is 44.2 Å². The van der Waals surface area contributed by atoms with Crippen LogP contribution >= 0.6 is 23.4 Å². The van der Waals surface area contributed by atoms with Gasteiger partial charge in [-0.15, -0.1) is 11.8 Å². The summed E-state index contributed by atoms with van der Waals surface area (Å²) in [6.45, 7) is 4.52. The standard InChI is InChI=1S/C17H17ClN2OS/c1-12-10-13(2)20-17(16(12)11-19)22-9-3-8-21-15-6-4-14(18)5-7-15/h4-7,10H,3,8-9H2,1-2H3. The second-order valence-corrected chi connectivity index (χ2v) is 6.40. The van der Waals surface area contributed by atoms with Gasteiger partial charge in [0.1, 0.15) is 16.8 Å². The highest BCUT2D eigenvalue weighted by molar-refractivity contribution is 7.99. The SMILES string of the molecule is Cc1cc(C)c(C#N)c(SCCCOc2ccc(Cl)cc2)n1. The number of ether oxygens (including phenoxy) is 1. The van der Waals surface area contributed by atoms with Gasteiger partial charge in [-0.1, -0.05) is 11.6 Å². The van der Waals surface area contributed by atoms with E-state index < -0.39 is 0 Å². The number of hydrogen-bond acceptors (Lipinski definition) is 4. The number of halogens is 1. The van der Waals surface area contributed by atoms with E-state index in [-0.39, 0.29) is 0 Å². The zero-order chi connectivity index (χ0) is 15.9. The molecule has 0 aliphatic carbocycles. The first-order valence-electron chi connectivity index (χ1n) is 6.99. The van der Waals surface area contributed by atoms with E-state index in [9.17, 15) is 5.26 Å². The smallest absolute Gasteiger partial charge is 0.119 e. The summed E-state index contributed by atoms with van der Waals surface area (Å²) in [5, 5.41) is 10.7. The number of pyridine rings is 1. The quantitative estimate of drug-likeness (QED) is 0.564. The summed E-state index contributed by atoms with van der Waals surface area (Å²) in [5.74, 6) is 1.68. The Labute approximate surface area is 140 Å². The summed E-state index contributed by atoms with van der Waals surface area (Å²) in [7, 11) is 0. The van der Waals surface area contributed by atoms with E-state index in [1.165, 1.54) is 0 Å². The number of aromatic nitrogens is 1. The van der Waals surface area contributed by atoms with Crippen LogP contribution in [0.5, 0.6) is 5.75 Å². The lowest BCUT2D eigenvalue weighted by atomic mass is 10.1. The van der Waals surface area contributed by atoms with Gasteiger partial charge in [-0.2, -0.15) is 5.26 Å². The summed E-state index contributed by atoms with van der Waals surface area (Å²) in [5.41, 5.74) is 2.60. The zero-order valence-electron chi connectivity index (χ0n) is 12.6. The lowest BCUT2D eigenvalue weighted by Crippen LogP contribution is -2.00. The van der Waals surface area contributed by atoms with Gasteiger partial charge in [-0.05, 0) is 56.2 Å². The molecule has 0 atom stereocenters. The fourth-order valence-electron chi connectivity index (χ4n) is 1.99. The number of nitrogens with zero attached hydrogens (tertiary/aromatic N) is 2. The molecule has 0 unspecified atom stereocenters. The van der Waals surface area contributed by atoms with E-state index in [0.717, 1.165) is 34.2 Å². The Balaban J connectivity index is 1.82. The predicted molar refractivity (Wildman–Crippen MR) is 90.7 cm³/mol. The van der Waals surface area contributed by atoms with Crippen LogP contribution in [0.1, 0.15) is 23.2 Å². The van der Waals surface area contributed by atoms with E-state index in [2.05, 4.69) is 11.1 Å². The molecular weight excluding hydrogens is 316 g/mol. The van der Waals surface area contributed by atoms with Crippen LogP contribution in [0.25, 0.3) is 0 Å². The number of rotatable bonds is 6. The average molecular weight is 333 g/mol. The zero-order valence-corrected chi connectivity index (χ0v) is 14.2. The van der Waals surface area contributed by atoms with E-state index in [0.29, 0.717) is 17.2 Å². The summed E-state index contributed by atoms with van der Waals surface area (Å²) >= 11 is 7.43. The van der Waals surface area contributed by atoms with Crippen molar-refractivity contribution in [3.05, 3.63) is 52.2 Å². The van der Waals surface area contributed by atoms with Crippen LogP contribution < -0.4 is 4.74 Å². The first-order valence-corrected chi connectivity index (χ1v) is 8.36. The Morgan fingerprint density at radius 2 is 2.00 bits per heavy atom. The van der Waals surface area contributed by atoms with Crippen LogP contribution in [0.15, 0.2) is 35.4 Å². The number of benzene rings is 1. The minimum atomic E-state index is 0.626. The van der Waals surface area contributed by atoms with Gasteiger partial charge in [0.25, 0.3) is 0 Å². The first-order chi connectivity index (χ1) is 10.6. The third-order valence-electron chi connectivity index (χ3n) is 3.03. The van der Waals surface area contributed by atoms with Crippen molar-refractivity contribution >= 4 is 23.4 Å². The Morgan fingerprint density at radius 1 is 1.27 bits per heavy atom. The number of hydrogen-bond donors (Lipinski definition) is 0. The third-order valence-corrected chi connectivity index (χ3v) is 4.35. The molecule has 2 aromatic rings. The first kappa shape index (κ1) is 16.7. The molecule has 0 radical (unpaired) electrons. The maximum atomic E-state index is 9.23. The van der Waals surface area contributed by atoms with Crippen molar-refractivity contribution in [1.29, 1.82) is 5.26 Å². The Kier molecular flexibility index (Phi) is 6.11. The summed E-state index contributed by atoms with van der Waals surface area (Å²) < 4.78 is 5.65. The number of thioether (sulfide) groups is 1. The van der Waals surface area contributed by atoms with Gasteiger partial charge in [0.2, 0.25) is 0 Å². The fourth-order valence-corrected chi connectivity index (χ4v) is 3.13. The number of aryl methyl sites for hydroxylation is 2. The average Bonchev–Trinajstić information content (AvgIpc) is 2.48. The monoisotopic (exact) mass is 332 g/mol. The molecule has 0 aliphatic rings. The van der Waals surface area contributed by atoms with Gasteiger partial charge in [0.15, 0.2) is 0 Å². The van der Waals surface area contributed by atoms with Gasteiger partial charge in [-0.25, -0.2) is 4.98 Å². The fraction of sp³-hybridized carbons (Fsp3) is 0.294. The van der Waals surface area contributed by atoms with Gasteiger partial charge >= 0.3 is 0 Å². The molecule has 1 aromatic heterocycles. The van der Waals surface area contributed by atoms with Gasteiger partial charge < -0.3 is 4.74 Å². The highest BCUT2D eigenvalue weighted by Crippen LogP contribution is 2.24. The molecule has 114 valence electrons. The molecule has 5 heteroatoms. The van der Waals surface area contributed by atoms with Crippen LogP contribution in [0.4, 0.5) is 0 Å². The molecule has 1 heterocycles. The molecule has 3 nitrogen and oxygen atoms in total. The van der Waals surface area contributed by atoms with Crippen molar-refractivity contribution in [3.63, 3.8) is 0 Å². The molecule has 22 heavy (non-hydrogen) atoms. The van der Waals surface area contributed by atoms with Crippen molar-refractivity contribution in [1.82, 2.24) is 4.98 Å². The maximum absolute atomic E-state index is 9.23. The molecule has 0 saturated carbocycles. The highest BCUT2D eigenvalue weighted by Gasteiger charge is 2.08. The maximum Gasteiger partial charge on any atom is 0.119 e. The van der Waals surface area contributed by atoms with Crippen LogP contribution in [-0.4, -0.2) is 17.3 Å². The molecular formula is C17H17ClN2OS. The molecule has 0 aliphatic heterocycles. The molecule has 0 fully saturated rings. The largest absolute Gasteiger partial charge is 0.494 e. The molecule has 1 aromatic carbocycles. The Morgan fingerprint density at radius 3 is 2.68 bits per heavy atom. The Bertz CT molecular complexity index is 680. The third kappa shape index (κ3) is 4.66. The topological polar surface area (TPSA) is 45.9 Å². The predicted octanol–water partition coefficient (Wildman–Crippen LogP) is 4.78. The van der Waals surface area contributed by atoms with Gasteiger partial charge in [-0.3, -0.25) is 0 Å². The normalized spacial score (nSPS) is 10.3. The van der Waals surface area contributed by atoms with E-state index in [1.54, 1.807) is 11.8 Å². The van der Waals surface area contributed by atoms with Crippen molar-refractivity contribution in [2.45, 2.75) is 25.3 Å². The number of nitriles is 1. The van der Waals surface area contributed by atoms with Crippen molar-refractivity contribution in [3.8, 4) is 11.8 Å². The molecule has 0 saturated heterocycles. The van der Waals surface area contributed by atoms with Crippen LogP contribution in [0.2, 0.25) is 5.02 Å². The second kappa shape index (κ2) is 8.07. The molecule has 0 N–H and O–H groups in total. The molecule has 0 bridgehead atoms. The lowest BCUT2D eigenvalue weighted by Gasteiger charge is -2.08. The van der Waals surface area contributed by atoms with E-state index >= 15 is 0 Å². The van der Waals surface area contributed by atoms with Crippen molar-refractivity contribution < 1.29 is 4.74 Å². The van der Waals surface area contributed by atoms with Crippen LogP contribution in [0, 0.1) is 25.2 Å². The minimum Gasteiger partial charge on any atom is -0.494 e. The summed E-state index contributed by atoms with van der Waals surface area (Å²) in [6, 6.07) is 11.5.